The van der Waals surface area contributed by atoms with Crippen molar-refractivity contribution in [2.24, 2.45) is 5.92 Å². The SMILES string of the molecule is CC[C@](CC(C)C)(C(=O)O)N(O)O. The van der Waals surface area contributed by atoms with Crippen LogP contribution in [0, 0.1) is 5.92 Å². The van der Waals surface area contributed by atoms with Crippen LogP contribution in [-0.4, -0.2) is 32.3 Å². The van der Waals surface area contributed by atoms with Gasteiger partial charge in [0.1, 0.15) is 0 Å². The molecule has 3 N–H and O–H groups in total. The minimum absolute atomic E-state index is 0.0813. The predicted molar refractivity (Wildman–Crippen MR) is 45.5 cm³/mol. The van der Waals surface area contributed by atoms with Gasteiger partial charge in [-0.05, 0) is 18.8 Å². The number of aliphatic carboxylic acids is 1. The van der Waals surface area contributed by atoms with Crippen LogP contribution in [0.1, 0.15) is 33.6 Å². The van der Waals surface area contributed by atoms with Crippen LogP contribution in [0.25, 0.3) is 0 Å². The molecule has 0 saturated carbocycles. The fourth-order valence-electron chi connectivity index (χ4n) is 1.37. The summed E-state index contributed by atoms with van der Waals surface area (Å²) >= 11 is 0. The molecule has 0 aliphatic carbocycles. The molecule has 5 nitrogen and oxygen atoms in total. The molecular formula is C8H17NO4. The van der Waals surface area contributed by atoms with E-state index in [0.29, 0.717) is 0 Å². The van der Waals surface area contributed by atoms with Crippen molar-refractivity contribution in [2.45, 2.75) is 39.2 Å². The number of carbonyl (C=O) groups is 1. The van der Waals surface area contributed by atoms with E-state index in [1.54, 1.807) is 6.92 Å². The van der Waals surface area contributed by atoms with Gasteiger partial charge in [0.25, 0.3) is 0 Å². The Hall–Kier alpha value is -0.650. The van der Waals surface area contributed by atoms with Gasteiger partial charge in [-0.2, -0.15) is 0 Å². The molecule has 1 atom stereocenters. The van der Waals surface area contributed by atoms with Crippen molar-refractivity contribution in [1.29, 1.82) is 0 Å². The Kier molecular flexibility index (Phi) is 4.32. The molecule has 0 aromatic carbocycles. The fourth-order valence-corrected chi connectivity index (χ4v) is 1.37. The van der Waals surface area contributed by atoms with Gasteiger partial charge in [-0.3, -0.25) is 15.2 Å². The van der Waals surface area contributed by atoms with E-state index in [9.17, 15) is 4.79 Å². The summed E-state index contributed by atoms with van der Waals surface area (Å²) in [6, 6.07) is 0. The Bertz CT molecular complexity index is 181. The number of rotatable bonds is 5. The minimum atomic E-state index is -1.58. The van der Waals surface area contributed by atoms with Gasteiger partial charge in [-0.1, -0.05) is 26.0 Å². The van der Waals surface area contributed by atoms with Crippen molar-refractivity contribution < 1.29 is 20.3 Å². The fraction of sp³-hybridized carbons (Fsp3) is 0.875. The lowest BCUT2D eigenvalue weighted by molar-refractivity contribution is -0.359. The molecule has 0 radical (unpaired) electrons. The van der Waals surface area contributed by atoms with Crippen LogP contribution in [0.4, 0.5) is 0 Å². The molecule has 0 amide bonds. The van der Waals surface area contributed by atoms with Crippen LogP contribution >= 0.6 is 0 Å². The van der Waals surface area contributed by atoms with Crippen LogP contribution in [0.15, 0.2) is 0 Å². The second kappa shape index (κ2) is 4.55. The van der Waals surface area contributed by atoms with Gasteiger partial charge in [-0.25, -0.2) is 0 Å². The van der Waals surface area contributed by atoms with Crippen molar-refractivity contribution in [2.75, 3.05) is 0 Å². The van der Waals surface area contributed by atoms with Crippen molar-refractivity contribution >= 4 is 5.97 Å². The van der Waals surface area contributed by atoms with Gasteiger partial charge in [0.05, 0.1) is 0 Å². The molecule has 0 heterocycles. The molecule has 0 unspecified atom stereocenters. The van der Waals surface area contributed by atoms with E-state index in [1.165, 1.54) is 0 Å². The number of carboxylic acids is 1. The van der Waals surface area contributed by atoms with Crippen LogP contribution in [0.5, 0.6) is 0 Å². The smallest absolute Gasteiger partial charge is 0.329 e. The molecule has 0 saturated heterocycles. The maximum atomic E-state index is 10.9. The number of carboxylic acid groups (broad SMARTS) is 1. The molecule has 0 aromatic rings. The topological polar surface area (TPSA) is 81.0 Å². The second-order valence-electron chi connectivity index (χ2n) is 3.58. The number of hydrogen-bond donors (Lipinski definition) is 3. The normalized spacial score (nSPS) is 16.2. The van der Waals surface area contributed by atoms with E-state index < -0.39 is 11.5 Å². The first-order valence-corrected chi connectivity index (χ1v) is 4.28. The Morgan fingerprint density at radius 1 is 1.46 bits per heavy atom. The monoisotopic (exact) mass is 191 g/mol. The molecule has 0 aliphatic heterocycles. The van der Waals surface area contributed by atoms with Gasteiger partial charge in [-0.15, -0.1) is 0 Å². The molecule has 0 fully saturated rings. The molecule has 13 heavy (non-hydrogen) atoms. The second-order valence-corrected chi connectivity index (χ2v) is 3.58. The number of hydroxylamine groups is 2. The molecule has 0 spiro atoms. The van der Waals surface area contributed by atoms with Gasteiger partial charge < -0.3 is 5.11 Å². The average Bonchev–Trinajstić information content (AvgIpc) is 1.98. The molecule has 0 aromatic heterocycles. The summed E-state index contributed by atoms with van der Waals surface area (Å²) in [4.78, 5) is 10.9. The zero-order chi connectivity index (χ0) is 10.6. The van der Waals surface area contributed by atoms with E-state index >= 15 is 0 Å². The van der Waals surface area contributed by atoms with Gasteiger partial charge in [0.2, 0.25) is 0 Å². The lowest BCUT2D eigenvalue weighted by Gasteiger charge is -2.32. The summed E-state index contributed by atoms with van der Waals surface area (Å²) in [7, 11) is 0. The van der Waals surface area contributed by atoms with E-state index in [0.717, 1.165) is 0 Å². The van der Waals surface area contributed by atoms with Crippen LogP contribution in [0.3, 0.4) is 0 Å². The summed E-state index contributed by atoms with van der Waals surface area (Å²) in [6.45, 7) is 5.27. The summed E-state index contributed by atoms with van der Waals surface area (Å²) in [5.74, 6) is -1.13. The first kappa shape index (κ1) is 12.3. The summed E-state index contributed by atoms with van der Waals surface area (Å²) < 4.78 is 0. The predicted octanol–water partition coefficient (Wildman–Crippen LogP) is 1.35. The van der Waals surface area contributed by atoms with Crippen molar-refractivity contribution in [3.63, 3.8) is 0 Å². The number of hydrogen-bond acceptors (Lipinski definition) is 4. The van der Waals surface area contributed by atoms with Crippen molar-refractivity contribution in [3.8, 4) is 0 Å². The summed E-state index contributed by atoms with van der Waals surface area (Å²) in [5.41, 5.74) is -1.58. The van der Waals surface area contributed by atoms with Crippen molar-refractivity contribution in [3.05, 3.63) is 0 Å². The van der Waals surface area contributed by atoms with Crippen LogP contribution < -0.4 is 0 Å². The molecule has 0 rings (SSSR count). The molecule has 5 heteroatoms. The summed E-state index contributed by atoms with van der Waals surface area (Å²) in [5, 5.41) is 26.5. The largest absolute Gasteiger partial charge is 0.480 e. The Labute approximate surface area is 77.5 Å². The first-order valence-electron chi connectivity index (χ1n) is 4.28. The molecule has 0 bridgehead atoms. The Morgan fingerprint density at radius 3 is 2.00 bits per heavy atom. The van der Waals surface area contributed by atoms with Gasteiger partial charge >= 0.3 is 5.97 Å². The lowest BCUT2D eigenvalue weighted by Crippen LogP contribution is -2.52. The zero-order valence-electron chi connectivity index (χ0n) is 8.19. The van der Waals surface area contributed by atoms with E-state index in [2.05, 4.69) is 0 Å². The van der Waals surface area contributed by atoms with Crippen LogP contribution in [0.2, 0.25) is 0 Å². The Morgan fingerprint density at radius 2 is 1.92 bits per heavy atom. The lowest BCUT2D eigenvalue weighted by atomic mass is 9.87. The quantitative estimate of drug-likeness (QED) is 0.571. The molecular weight excluding hydrogens is 174 g/mol. The highest BCUT2D eigenvalue weighted by Crippen LogP contribution is 2.25. The third-order valence-electron chi connectivity index (χ3n) is 2.11. The van der Waals surface area contributed by atoms with E-state index in [1.807, 2.05) is 13.8 Å². The minimum Gasteiger partial charge on any atom is -0.480 e. The highest BCUT2D eigenvalue weighted by atomic mass is 16.8. The Balaban J connectivity index is 4.76. The van der Waals surface area contributed by atoms with Crippen molar-refractivity contribution in [1.82, 2.24) is 5.23 Å². The third-order valence-corrected chi connectivity index (χ3v) is 2.11. The zero-order valence-corrected chi connectivity index (χ0v) is 8.19. The van der Waals surface area contributed by atoms with E-state index in [4.69, 9.17) is 15.5 Å². The molecule has 78 valence electrons. The van der Waals surface area contributed by atoms with Crippen LogP contribution in [-0.2, 0) is 4.79 Å². The standard InChI is InChI=1S/C8H17NO4/c1-4-8(7(10)11,9(12)13)5-6(2)3/h6,12-13H,4-5H2,1-3H3,(H,10,11)/t8-/m0/s1. The van der Waals surface area contributed by atoms with Gasteiger partial charge in [0.15, 0.2) is 5.54 Å². The molecule has 0 aliphatic rings. The maximum Gasteiger partial charge on any atom is 0.329 e. The van der Waals surface area contributed by atoms with E-state index in [-0.39, 0.29) is 24.0 Å². The van der Waals surface area contributed by atoms with Gasteiger partial charge in [0, 0.05) is 0 Å². The maximum absolute atomic E-state index is 10.9. The average molecular weight is 191 g/mol. The summed E-state index contributed by atoms with van der Waals surface area (Å²) in [6.07, 6.45) is 0.347. The first-order chi connectivity index (χ1) is 5.86. The highest BCUT2D eigenvalue weighted by molar-refractivity contribution is 5.78. The third kappa shape index (κ3) is 2.65. The highest BCUT2D eigenvalue weighted by Gasteiger charge is 2.43. The number of nitrogens with zero attached hydrogens (tertiary/aromatic N) is 1.